The van der Waals surface area contributed by atoms with Crippen LogP contribution in [0.4, 0.5) is 5.69 Å². The summed E-state index contributed by atoms with van der Waals surface area (Å²) < 4.78 is 20.6. The number of carbonyl (C=O) groups is 1. The average Bonchev–Trinajstić information content (AvgIpc) is 3.44. The van der Waals surface area contributed by atoms with E-state index in [-0.39, 0.29) is 24.7 Å². The number of carbonyl (C=O) groups excluding carboxylic acids is 1. The monoisotopic (exact) mass is 400 g/mol. The topological polar surface area (TPSA) is 114 Å². The van der Waals surface area contributed by atoms with Crippen molar-refractivity contribution in [1.82, 2.24) is 5.16 Å². The van der Waals surface area contributed by atoms with Crippen molar-refractivity contribution in [3.05, 3.63) is 63.2 Å². The smallest absolute Gasteiger partial charge is 0.331 e. The zero-order valence-electron chi connectivity index (χ0n) is 14.2. The highest BCUT2D eigenvalue weighted by Crippen LogP contribution is 2.38. The van der Waals surface area contributed by atoms with E-state index in [4.69, 9.17) is 18.7 Å². The fourth-order valence-corrected chi connectivity index (χ4v) is 3.18. The predicted molar refractivity (Wildman–Crippen MR) is 97.9 cm³/mol. The molecule has 1 aromatic carbocycles. The van der Waals surface area contributed by atoms with Gasteiger partial charge in [-0.1, -0.05) is 11.2 Å². The molecule has 0 aliphatic carbocycles. The molecule has 0 N–H and O–H groups in total. The number of thiophene rings is 1. The maximum absolute atomic E-state index is 11.9. The summed E-state index contributed by atoms with van der Waals surface area (Å²) in [6, 6.07) is 8.17. The number of esters is 1. The lowest BCUT2D eigenvalue weighted by Crippen LogP contribution is -2.01. The number of nitro groups is 1. The Balaban J connectivity index is 1.41. The van der Waals surface area contributed by atoms with E-state index in [0.29, 0.717) is 23.0 Å². The number of fused-ring (bicyclic) bond motifs is 1. The molecular weight excluding hydrogens is 388 g/mol. The van der Waals surface area contributed by atoms with E-state index in [1.807, 2.05) is 17.5 Å². The first-order valence-electron chi connectivity index (χ1n) is 8.02. The third-order valence-electron chi connectivity index (χ3n) is 3.80. The molecular formula is C18H12N2O7S. The molecule has 0 fully saturated rings. The Labute approximate surface area is 161 Å². The highest BCUT2D eigenvalue weighted by atomic mass is 32.1. The van der Waals surface area contributed by atoms with Gasteiger partial charge in [-0.3, -0.25) is 10.1 Å². The molecule has 0 spiro atoms. The van der Waals surface area contributed by atoms with E-state index in [0.717, 1.165) is 11.0 Å². The summed E-state index contributed by atoms with van der Waals surface area (Å²) in [5.41, 5.74) is 0.456. The van der Waals surface area contributed by atoms with Gasteiger partial charge in [0.25, 0.3) is 5.69 Å². The predicted octanol–water partition coefficient (Wildman–Crippen LogP) is 3.80. The fourth-order valence-electron chi connectivity index (χ4n) is 2.50. The lowest BCUT2D eigenvalue weighted by molar-refractivity contribution is -0.385. The molecule has 10 heteroatoms. The second-order valence-electron chi connectivity index (χ2n) is 5.62. The summed E-state index contributed by atoms with van der Waals surface area (Å²) in [5, 5.41) is 17.0. The maximum atomic E-state index is 11.9. The molecule has 1 aliphatic rings. The molecule has 0 saturated heterocycles. The lowest BCUT2D eigenvalue weighted by Gasteiger charge is -2.01. The molecule has 3 heterocycles. The number of hydrogen-bond acceptors (Lipinski definition) is 9. The van der Waals surface area contributed by atoms with Crippen LogP contribution in [0.5, 0.6) is 11.5 Å². The van der Waals surface area contributed by atoms with Crippen molar-refractivity contribution in [2.45, 2.75) is 6.61 Å². The molecule has 3 aromatic rings. The van der Waals surface area contributed by atoms with Crippen LogP contribution in [0, 0.1) is 10.1 Å². The third kappa shape index (κ3) is 3.71. The van der Waals surface area contributed by atoms with Crippen LogP contribution in [-0.4, -0.2) is 22.8 Å². The Morgan fingerprint density at radius 2 is 2.14 bits per heavy atom. The number of nitrogens with zero attached hydrogens (tertiary/aromatic N) is 2. The quantitative estimate of drug-likeness (QED) is 0.266. The van der Waals surface area contributed by atoms with E-state index in [2.05, 4.69) is 5.16 Å². The van der Waals surface area contributed by atoms with Crippen LogP contribution in [0.1, 0.15) is 11.3 Å². The van der Waals surface area contributed by atoms with Gasteiger partial charge in [-0.05, 0) is 23.6 Å². The Kier molecular flexibility index (Phi) is 4.77. The molecule has 0 bridgehead atoms. The molecule has 0 saturated carbocycles. The van der Waals surface area contributed by atoms with E-state index in [1.54, 1.807) is 6.07 Å². The van der Waals surface area contributed by atoms with Crippen molar-refractivity contribution < 1.29 is 28.5 Å². The highest BCUT2D eigenvalue weighted by molar-refractivity contribution is 7.13. The normalized spacial score (nSPS) is 12.4. The van der Waals surface area contributed by atoms with Gasteiger partial charge < -0.3 is 18.7 Å². The van der Waals surface area contributed by atoms with E-state index < -0.39 is 10.9 Å². The number of hydrogen-bond donors (Lipinski definition) is 0. The van der Waals surface area contributed by atoms with Crippen LogP contribution in [0.2, 0.25) is 0 Å². The maximum Gasteiger partial charge on any atom is 0.331 e. The molecule has 0 amide bonds. The van der Waals surface area contributed by atoms with Crippen molar-refractivity contribution in [3.8, 4) is 22.1 Å². The molecule has 28 heavy (non-hydrogen) atoms. The molecule has 2 aromatic heterocycles. The van der Waals surface area contributed by atoms with E-state index in [1.165, 1.54) is 29.5 Å². The minimum absolute atomic E-state index is 0.00709. The van der Waals surface area contributed by atoms with Gasteiger partial charge in [0.1, 0.15) is 12.3 Å². The first-order chi connectivity index (χ1) is 13.6. The highest BCUT2D eigenvalue weighted by Gasteiger charge is 2.22. The minimum atomic E-state index is -0.673. The molecule has 9 nitrogen and oxygen atoms in total. The standard InChI is InChI=1S/C18H12N2O7S/c21-18(24-9-12-7-16(27-19-12)17-2-1-5-28-17)4-3-11-6-14-15(26-10-25-14)8-13(11)20(22)23/h1-8H,9-10H2/b4-3+. The summed E-state index contributed by atoms with van der Waals surface area (Å²) in [6.45, 7) is -0.0891. The second kappa shape index (κ2) is 7.53. The largest absolute Gasteiger partial charge is 0.456 e. The molecule has 142 valence electrons. The molecule has 0 atom stereocenters. The van der Waals surface area contributed by atoms with Gasteiger partial charge in [0.05, 0.1) is 21.4 Å². The van der Waals surface area contributed by atoms with Gasteiger partial charge in [0.2, 0.25) is 6.79 Å². The summed E-state index contributed by atoms with van der Waals surface area (Å²) in [4.78, 5) is 23.5. The SMILES string of the molecule is O=C(/C=C/c1cc2c(cc1[N+](=O)[O-])OCO2)OCc1cc(-c2cccs2)on1. The van der Waals surface area contributed by atoms with Crippen molar-refractivity contribution in [3.63, 3.8) is 0 Å². The molecule has 0 radical (unpaired) electrons. The Hall–Kier alpha value is -3.66. The van der Waals surface area contributed by atoms with Crippen molar-refractivity contribution in [2.75, 3.05) is 6.79 Å². The third-order valence-corrected chi connectivity index (χ3v) is 4.69. The van der Waals surface area contributed by atoms with E-state index >= 15 is 0 Å². The van der Waals surface area contributed by atoms with Crippen molar-refractivity contribution in [2.24, 2.45) is 0 Å². The van der Waals surface area contributed by atoms with Gasteiger partial charge in [-0.2, -0.15) is 0 Å². The molecule has 4 rings (SSSR count). The number of rotatable bonds is 6. The number of nitro benzene ring substituents is 1. The van der Waals surface area contributed by atoms with Crippen LogP contribution in [0.25, 0.3) is 16.7 Å². The average molecular weight is 400 g/mol. The summed E-state index contributed by atoms with van der Waals surface area (Å²) >= 11 is 1.50. The number of aromatic nitrogens is 1. The van der Waals surface area contributed by atoms with Crippen LogP contribution in [-0.2, 0) is 16.1 Å². The number of benzene rings is 1. The van der Waals surface area contributed by atoms with Gasteiger partial charge in [0, 0.05) is 12.1 Å². The minimum Gasteiger partial charge on any atom is -0.456 e. The number of ether oxygens (including phenoxy) is 3. The van der Waals surface area contributed by atoms with E-state index in [9.17, 15) is 14.9 Å². The second-order valence-corrected chi connectivity index (χ2v) is 6.57. The first-order valence-corrected chi connectivity index (χ1v) is 8.90. The van der Waals surface area contributed by atoms with Crippen molar-refractivity contribution in [1.29, 1.82) is 0 Å². The fraction of sp³-hybridized carbons (Fsp3) is 0.111. The molecule has 1 aliphatic heterocycles. The van der Waals surface area contributed by atoms with Gasteiger partial charge in [0.15, 0.2) is 17.3 Å². The van der Waals surface area contributed by atoms with Crippen LogP contribution in [0.15, 0.2) is 46.3 Å². The summed E-state index contributed by atoms with van der Waals surface area (Å²) in [7, 11) is 0. The zero-order chi connectivity index (χ0) is 19.5. The Morgan fingerprint density at radius 3 is 2.89 bits per heavy atom. The van der Waals surface area contributed by atoms with Gasteiger partial charge in [-0.25, -0.2) is 4.79 Å². The zero-order valence-corrected chi connectivity index (χ0v) is 15.0. The summed E-state index contributed by atoms with van der Waals surface area (Å²) in [6.07, 6.45) is 2.40. The lowest BCUT2D eigenvalue weighted by atomic mass is 10.1. The molecule has 0 unspecified atom stereocenters. The first kappa shape index (κ1) is 17.7. The van der Waals surface area contributed by atoms with Gasteiger partial charge in [-0.15, -0.1) is 11.3 Å². The summed E-state index contributed by atoms with van der Waals surface area (Å²) in [5.74, 6) is 0.585. The van der Waals surface area contributed by atoms with Crippen LogP contribution < -0.4 is 9.47 Å². The van der Waals surface area contributed by atoms with Crippen molar-refractivity contribution >= 4 is 29.1 Å². The van der Waals surface area contributed by atoms with Crippen LogP contribution >= 0.6 is 11.3 Å². The van der Waals surface area contributed by atoms with Crippen LogP contribution in [0.3, 0.4) is 0 Å². The Bertz CT molecular complexity index is 1060. The van der Waals surface area contributed by atoms with Gasteiger partial charge >= 0.3 is 5.97 Å². The Morgan fingerprint density at radius 1 is 1.32 bits per heavy atom.